The maximum Gasteiger partial charge on any atom is 0.122 e. The smallest absolute Gasteiger partial charge is 0.122 e. The lowest BCUT2D eigenvalue weighted by Gasteiger charge is -2.17. The molecule has 0 spiro atoms. The quantitative estimate of drug-likeness (QED) is 0.735. The molecule has 0 bridgehead atoms. The second-order valence-electron chi connectivity index (χ2n) is 5.65. The van der Waals surface area contributed by atoms with Gasteiger partial charge in [-0.15, -0.1) is 0 Å². The highest BCUT2D eigenvalue weighted by Crippen LogP contribution is 2.22. The molecule has 0 aromatic heterocycles. The molecule has 0 fully saturated rings. The van der Waals surface area contributed by atoms with Crippen LogP contribution in [0.2, 0.25) is 0 Å². The second-order valence-corrected chi connectivity index (χ2v) is 5.65. The van der Waals surface area contributed by atoms with E-state index in [-0.39, 0.29) is 12.7 Å². The van der Waals surface area contributed by atoms with Gasteiger partial charge in [0.2, 0.25) is 0 Å². The summed E-state index contributed by atoms with van der Waals surface area (Å²) >= 11 is 0. The summed E-state index contributed by atoms with van der Waals surface area (Å²) in [5, 5.41) is 13.2. The average Bonchev–Trinajstić information content (AvgIpc) is 2.44. The summed E-state index contributed by atoms with van der Waals surface area (Å²) < 4.78 is 11.0. The van der Waals surface area contributed by atoms with Crippen molar-refractivity contribution in [2.24, 2.45) is 0 Å². The Morgan fingerprint density at radius 2 is 1.90 bits per heavy atom. The van der Waals surface area contributed by atoms with Gasteiger partial charge in [0.1, 0.15) is 18.5 Å². The minimum atomic E-state index is -0.604. The highest BCUT2D eigenvalue weighted by atomic mass is 16.5. The van der Waals surface area contributed by atoms with Crippen LogP contribution in [0, 0.1) is 6.92 Å². The Morgan fingerprint density at radius 1 is 1.19 bits per heavy atom. The van der Waals surface area contributed by atoms with E-state index in [1.807, 2.05) is 26.8 Å². The number of ether oxygens (including phenoxy) is 2. The molecule has 2 unspecified atom stereocenters. The molecular formula is C17H29NO3. The molecule has 0 aliphatic carbocycles. The molecule has 1 rings (SSSR count). The highest BCUT2D eigenvalue weighted by molar-refractivity contribution is 5.37. The van der Waals surface area contributed by atoms with Gasteiger partial charge in [0.15, 0.2) is 0 Å². The van der Waals surface area contributed by atoms with E-state index in [4.69, 9.17) is 9.47 Å². The van der Waals surface area contributed by atoms with Crippen LogP contribution in [0.4, 0.5) is 0 Å². The molecule has 0 amide bonds. The van der Waals surface area contributed by atoms with Gasteiger partial charge in [-0.2, -0.15) is 0 Å². The molecule has 0 heterocycles. The summed E-state index contributed by atoms with van der Waals surface area (Å²) in [5.41, 5.74) is 2.32. The third-order valence-electron chi connectivity index (χ3n) is 3.26. The van der Waals surface area contributed by atoms with Crippen LogP contribution in [-0.2, 0) is 4.74 Å². The normalized spacial score (nSPS) is 14.2. The fourth-order valence-electron chi connectivity index (χ4n) is 2.07. The highest BCUT2D eigenvalue weighted by Gasteiger charge is 2.10. The first-order valence-electron chi connectivity index (χ1n) is 7.70. The van der Waals surface area contributed by atoms with Gasteiger partial charge in [0.25, 0.3) is 0 Å². The van der Waals surface area contributed by atoms with Crippen molar-refractivity contribution in [3.8, 4) is 5.75 Å². The first-order chi connectivity index (χ1) is 9.93. The summed E-state index contributed by atoms with van der Waals surface area (Å²) in [5.74, 6) is 0.811. The van der Waals surface area contributed by atoms with Gasteiger partial charge in [0, 0.05) is 6.04 Å². The maximum absolute atomic E-state index is 9.80. The maximum atomic E-state index is 9.80. The van der Waals surface area contributed by atoms with Crippen LogP contribution in [0.1, 0.15) is 44.9 Å². The molecule has 1 aromatic rings. The Labute approximate surface area is 128 Å². The first-order valence-corrected chi connectivity index (χ1v) is 7.70. The van der Waals surface area contributed by atoms with Crippen molar-refractivity contribution in [3.05, 3.63) is 29.3 Å². The zero-order chi connectivity index (χ0) is 15.8. The minimum absolute atomic E-state index is 0.119. The van der Waals surface area contributed by atoms with E-state index < -0.39 is 6.10 Å². The van der Waals surface area contributed by atoms with Crippen molar-refractivity contribution in [2.75, 3.05) is 19.8 Å². The Balaban J connectivity index is 2.52. The van der Waals surface area contributed by atoms with Crippen LogP contribution in [0.15, 0.2) is 18.2 Å². The van der Waals surface area contributed by atoms with E-state index in [0.717, 1.165) is 17.9 Å². The molecular weight excluding hydrogens is 266 g/mol. The molecule has 0 aliphatic rings. The molecule has 120 valence electrons. The van der Waals surface area contributed by atoms with Crippen molar-refractivity contribution in [1.82, 2.24) is 5.32 Å². The van der Waals surface area contributed by atoms with Crippen LogP contribution in [0.3, 0.4) is 0 Å². The van der Waals surface area contributed by atoms with E-state index in [9.17, 15) is 5.11 Å². The SMILES string of the molecule is CCNC(C)c1ccc(OCC(O)COC(C)C)c(C)c1. The zero-order valence-corrected chi connectivity index (χ0v) is 13.8. The molecule has 0 aliphatic heterocycles. The number of nitrogens with one attached hydrogen (secondary N) is 1. The predicted octanol–water partition coefficient (Wildman–Crippen LogP) is 2.83. The van der Waals surface area contributed by atoms with Crippen molar-refractivity contribution >= 4 is 0 Å². The first kappa shape index (κ1) is 18.0. The van der Waals surface area contributed by atoms with E-state index in [2.05, 4.69) is 31.3 Å². The number of aryl methyl sites for hydroxylation is 1. The molecule has 4 heteroatoms. The third-order valence-corrected chi connectivity index (χ3v) is 3.26. The van der Waals surface area contributed by atoms with Gasteiger partial charge in [-0.05, 0) is 51.4 Å². The number of hydrogen-bond donors (Lipinski definition) is 2. The summed E-state index contributed by atoms with van der Waals surface area (Å²) in [4.78, 5) is 0. The Bertz CT molecular complexity index is 420. The van der Waals surface area contributed by atoms with Gasteiger partial charge in [0.05, 0.1) is 12.7 Å². The molecule has 2 N–H and O–H groups in total. The summed E-state index contributed by atoms with van der Waals surface area (Å²) in [6.45, 7) is 11.6. The van der Waals surface area contributed by atoms with E-state index >= 15 is 0 Å². The Hall–Kier alpha value is -1.10. The van der Waals surface area contributed by atoms with Gasteiger partial charge in [-0.3, -0.25) is 0 Å². The zero-order valence-electron chi connectivity index (χ0n) is 13.8. The standard InChI is InChI=1S/C17H29NO3/c1-6-18-14(5)15-7-8-17(13(4)9-15)21-11-16(19)10-20-12(2)3/h7-9,12,14,16,18-19H,6,10-11H2,1-5H3. The van der Waals surface area contributed by atoms with Crippen molar-refractivity contribution in [2.45, 2.75) is 52.9 Å². The number of hydrogen-bond acceptors (Lipinski definition) is 4. The molecule has 21 heavy (non-hydrogen) atoms. The molecule has 0 saturated heterocycles. The summed E-state index contributed by atoms with van der Waals surface area (Å²) in [7, 11) is 0. The summed E-state index contributed by atoms with van der Waals surface area (Å²) in [6, 6.07) is 6.48. The van der Waals surface area contributed by atoms with Crippen molar-refractivity contribution in [3.63, 3.8) is 0 Å². The fourth-order valence-corrected chi connectivity index (χ4v) is 2.07. The van der Waals surface area contributed by atoms with Crippen molar-refractivity contribution in [1.29, 1.82) is 0 Å². The Kier molecular flexibility index (Phi) is 7.72. The monoisotopic (exact) mass is 295 g/mol. The molecule has 4 nitrogen and oxygen atoms in total. The lowest BCUT2D eigenvalue weighted by molar-refractivity contribution is -0.0123. The van der Waals surface area contributed by atoms with E-state index in [1.165, 1.54) is 5.56 Å². The molecule has 1 aromatic carbocycles. The van der Waals surface area contributed by atoms with Crippen LogP contribution >= 0.6 is 0 Å². The van der Waals surface area contributed by atoms with E-state index in [0.29, 0.717) is 12.6 Å². The number of aliphatic hydroxyl groups excluding tert-OH is 1. The van der Waals surface area contributed by atoms with Gasteiger partial charge in [-0.25, -0.2) is 0 Å². The van der Waals surface area contributed by atoms with Gasteiger partial charge < -0.3 is 19.9 Å². The Morgan fingerprint density at radius 3 is 2.48 bits per heavy atom. The van der Waals surface area contributed by atoms with Gasteiger partial charge in [-0.1, -0.05) is 19.1 Å². The molecule has 0 radical (unpaired) electrons. The van der Waals surface area contributed by atoms with Crippen molar-refractivity contribution < 1.29 is 14.6 Å². The van der Waals surface area contributed by atoms with Crippen LogP contribution < -0.4 is 10.1 Å². The second kappa shape index (κ2) is 9.03. The number of benzene rings is 1. The van der Waals surface area contributed by atoms with Crippen LogP contribution in [-0.4, -0.2) is 37.1 Å². The number of aliphatic hydroxyl groups is 1. The predicted molar refractivity (Wildman–Crippen MR) is 85.9 cm³/mol. The van der Waals surface area contributed by atoms with E-state index in [1.54, 1.807) is 0 Å². The molecule has 0 saturated carbocycles. The minimum Gasteiger partial charge on any atom is -0.491 e. The van der Waals surface area contributed by atoms with Crippen LogP contribution in [0.25, 0.3) is 0 Å². The topological polar surface area (TPSA) is 50.7 Å². The average molecular weight is 295 g/mol. The van der Waals surface area contributed by atoms with Gasteiger partial charge >= 0.3 is 0 Å². The fraction of sp³-hybridized carbons (Fsp3) is 0.647. The summed E-state index contributed by atoms with van der Waals surface area (Å²) in [6.07, 6.45) is -0.486. The number of rotatable bonds is 9. The lowest BCUT2D eigenvalue weighted by Crippen LogP contribution is -2.25. The van der Waals surface area contributed by atoms with Crippen LogP contribution in [0.5, 0.6) is 5.75 Å². The largest absolute Gasteiger partial charge is 0.491 e. The molecule has 2 atom stereocenters. The third kappa shape index (κ3) is 6.46. The lowest BCUT2D eigenvalue weighted by atomic mass is 10.1.